The van der Waals surface area contributed by atoms with Crippen LogP contribution in [-0.2, 0) is 22.4 Å². The van der Waals surface area contributed by atoms with Gasteiger partial charge in [-0.3, -0.25) is 9.59 Å². The molecule has 0 spiro atoms. The van der Waals surface area contributed by atoms with E-state index in [0.717, 1.165) is 6.07 Å². The normalized spacial score (nSPS) is 17.7. The standard InChI is InChI=1S/C21H23F3N4O3/c22-16-11-18(24)17(23)9-14(16)8-15(25)10-20(29)28-6-2-4-26-21(30)19(28)7-13-3-1-5-27(31)12-13/h1,3,5,9,11-12,15,19H,2,4,6-8,10,25H2,(H,26,30)/t15-,19-/m1/s1. The first-order valence-corrected chi connectivity index (χ1v) is 9.88. The Kier molecular flexibility index (Phi) is 7.11. The number of carbonyl (C=O) groups is 2. The molecule has 0 saturated carbocycles. The number of carbonyl (C=O) groups excluding carboxylic acids is 2. The highest BCUT2D eigenvalue weighted by molar-refractivity contribution is 5.88. The Morgan fingerprint density at radius 2 is 2.03 bits per heavy atom. The van der Waals surface area contributed by atoms with Crippen LogP contribution in [0.4, 0.5) is 13.2 Å². The van der Waals surface area contributed by atoms with Crippen LogP contribution < -0.4 is 15.8 Å². The predicted molar refractivity (Wildman–Crippen MR) is 105 cm³/mol. The van der Waals surface area contributed by atoms with Crippen LogP contribution in [0.1, 0.15) is 24.0 Å². The van der Waals surface area contributed by atoms with Crippen LogP contribution >= 0.6 is 0 Å². The maximum absolute atomic E-state index is 13.9. The van der Waals surface area contributed by atoms with Crippen molar-refractivity contribution >= 4 is 11.8 Å². The predicted octanol–water partition coefficient (Wildman–Crippen LogP) is 0.957. The summed E-state index contributed by atoms with van der Waals surface area (Å²) >= 11 is 0. The fourth-order valence-electron chi connectivity index (χ4n) is 3.64. The Hall–Kier alpha value is -3.14. The quantitative estimate of drug-likeness (QED) is 0.400. The van der Waals surface area contributed by atoms with Crippen LogP contribution in [0, 0.1) is 22.7 Å². The second-order valence-electron chi connectivity index (χ2n) is 7.55. The number of rotatable bonds is 6. The van der Waals surface area contributed by atoms with Gasteiger partial charge in [-0.25, -0.2) is 13.2 Å². The molecule has 31 heavy (non-hydrogen) atoms. The number of aromatic nitrogens is 1. The van der Waals surface area contributed by atoms with E-state index in [1.807, 2.05) is 0 Å². The van der Waals surface area contributed by atoms with Gasteiger partial charge in [0.05, 0.1) is 0 Å². The van der Waals surface area contributed by atoms with Gasteiger partial charge in [0.25, 0.3) is 0 Å². The summed E-state index contributed by atoms with van der Waals surface area (Å²) < 4.78 is 41.0. The summed E-state index contributed by atoms with van der Waals surface area (Å²) in [6.07, 6.45) is 2.95. The largest absolute Gasteiger partial charge is 0.619 e. The van der Waals surface area contributed by atoms with E-state index in [2.05, 4.69) is 5.32 Å². The molecule has 3 rings (SSSR count). The second kappa shape index (κ2) is 9.78. The van der Waals surface area contributed by atoms with Gasteiger partial charge in [-0.15, -0.1) is 0 Å². The number of nitrogens with zero attached hydrogens (tertiary/aromatic N) is 2. The summed E-state index contributed by atoms with van der Waals surface area (Å²) in [6.45, 7) is 0.709. The molecule has 10 heteroatoms. The lowest BCUT2D eigenvalue weighted by Gasteiger charge is -2.29. The van der Waals surface area contributed by atoms with Crippen LogP contribution in [0.3, 0.4) is 0 Å². The van der Waals surface area contributed by atoms with E-state index in [9.17, 15) is 28.0 Å². The molecule has 1 aliphatic rings. The first-order chi connectivity index (χ1) is 14.7. The summed E-state index contributed by atoms with van der Waals surface area (Å²) in [5.41, 5.74) is 6.44. The van der Waals surface area contributed by atoms with Gasteiger partial charge >= 0.3 is 0 Å². The van der Waals surface area contributed by atoms with E-state index in [0.29, 0.717) is 35.9 Å². The fourth-order valence-corrected chi connectivity index (χ4v) is 3.64. The molecule has 2 amide bonds. The van der Waals surface area contributed by atoms with E-state index >= 15 is 0 Å². The number of nitrogens with two attached hydrogens (primary N) is 1. The highest BCUT2D eigenvalue weighted by Gasteiger charge is 2.32. The molecule has 1 fully saturated rings. The number of halogens is 3. The number of hydrogen-bond donors (Lipinski definition) is 2. The third-order valence-electron chi connectivity index (χ3n) is 5.15. The Labute approximate surface area is 177 Å². The highest BCUT2D eigenvalue weighted by atomic mass is 19.2. The van der Waals surface area contributed by atoms with E-state index in [-0.39, 0.29) is 30.7 Å². The molecule has 2 aromatic rings. The van der Waals surface area contributed by atoms with Crippen LogP contribution in [0.2, 0.25) is 0 Å². The van der Waals surface area contributed by atoms with Crippen molar-refractivity contribution in [1.82, 2.24) is 10.2 Å². The number of pyridine rings is 1. The van der Waals surface area contributed by atoms with Crippen molar-refractivity contribution in [3.8, 4) is 0 Å². The lowest BCUT2D eigenvalue weighted by atomic mass is 10.0. The van der Waals surface area contributed by atoms with Gasteiger partial charge in [0.2, 0.25) is 11.8 Å². The van der Waals surface area contributed by atoms with Crippen molar-refractivity contribution in [2.24, 2.45) is 5.73 Å². The smallest absolute Gasteiger partial charge is 0.243 e. The first kappa shape index (κ1) is 22.5. The molecule has 0 unspecified atom stereocenters. The SMILES string of the molecule is N[C@@H](CC(=O)N1CCCNC(=O)[C@H]1Cc1ccc[n+]([O-])c1)Cc1cc(F)c(F)cc1F. The molecule has 3 N–H and O–H groups in total. The summed E-state index contributed by atoms with van der Waals surface area (Å²) in [5.74, 6) is -4.19. The summed E-state index contributed by atoms with van der Waals surface area (Å²) in [4.78, 5) is 26.9. The molecule has 2 heterocycles. The Morgan fingerprint density at radius 3 is 2.77 bits per heavy atom. The Morgan fingerprint density at radius 1 is 1.29 bits per heavy atom. The lowest BCUT2D eigenvalue weighted by molar-refractivity contribution is -0.605. The summed E-state index contributed by atoms with van der Waals surface area (Å²) in [7, 11) is 0. The van der Waals surface area contributed by atoms with Crippen molar-refractivity contribution in [2.45, 2.75) is 37.8 Å². The van der Waals surface area contributed by atoms with Crippen molar-refractivity contribution in [1.29, 1.82) is 0 Å². The molecule has 166 valence electrons. The average molecular weight is 436 g/mol. The zero-order chi connectivity index (χ0) is 22.5. The van der Waals surface area contributed by atoms with Gasteiger partial charge < -0.3 is 21.2 Å². The Bertz CT molecular complexity index is 973. The fraction of sp³-hybridized carbons (Fsp3) is 0.381. The van der Waals surface area contributed by atoms with Gasteiger partial charge in [-0.1, -0.05) is 0 Å². The average Bonchev–Trinajstić information content (AvgIpc) is 2.88. The van der Waals surface area contributed by atoms with Crippen molar-refractivity contribution in [3.63, 3.8) is 0 Å². The van der Waals surface area contributed by atoms with Crippen LogP contribution in [0.25, 0.3) is 0 Å². The minimum Gasteiger partial charge on any atom is -0.619 e. The minimum absolute atomic E-state index is 0.131. The van der Waals surface area contributed by atoms with Gasteiger partial charge in [0, 0.05) is 49.7 Å². The summed E-state index contributed by atoms with van der Waals surface area (Å²) in [6, 6.07) is 2.72. The van der Waals surface area contributed by atoms with E-state index in [1.54, 1.807) is 12.1 Å². The monoisotopic (exact) mass is 436 g/mol. The van der Waals surface area contributed by atoms with Gasteiger partial charge in [0.15, 0.2) is 24.0 Å². The summed E-state index contributed by atoms with van der Waals surface area (Å²) in [5, 5.41) is 14.3. The highest BCUT2D eigenvalue weighted by Crippen LogP contribution is 2.18. The zero-order valence-electron chi connectivity index (χ0n) is 16.7. The maximum Gasteiger partial charge on any atom is 0.243 e. The van der Waals surface area contributed by atoms with Crippen LogP contribution in [0.15, 0.2) is 36.7 Å². The molecular weight excluding hydrogens is 413 g/mol. The number of amides is 2. The maximum atomic E-state index is 13.9. The molecule has 1 saturated heterocycles. The molecule has 0 aliphatic carbocycles. The third kappa shape index (κ3) is 5.72. The Balaban J connectivity index is 1.72. The van der Waals surface area contributed by atoms with Gasteiger partial charge in [-0.05, 0) is 30.5 Å². The van der Waals surface area contributed by atoms with Crippen molar-refractivity contribution < 1.29 is 27.5 Å². The van der Waals surface area contributed by atoms with Crippen LogP contribution in [-0.4, -0.2) is 41.9 Å². The second-order valence-corrected chi connectivity index (χ2v) is 7.55. The van der Waals surface area contributed by atoms with Crippen LogP contribution in [0.5, 0.6) is 0 Å². The van der Waals surface area contributed by atoms with E-state index < -0.39 is 35.4 Å². The molecule has 1 aromatic carbocycles. The van der Waals surface area contributed by atoms with Gasteiger partial charge in [-0.2, -0.15) is 4.73 Å². The molecule has 1 aromatic heterocycles. The lowest BCUT2D eigenvalue weighted by Crippen LogP contribution is -2.50. The topological polar surface area (TPSA) is 102 Å². The minimum atomic E-state index is -1.30. The molecule has 0 bridgehead atoms. The van der Waals surface area contributed by atoms with E-state index in [4.69, 9.17) is 5.73 Å². The third-order valence-corrected chi connectivity index (χ3v) is 5.15. The van der Waals surface area contributed by atoms with Crippen molar-refractivity contribution in [2.75, 3.05) is 13.1 Å². The van der Waals surface area contributed by atoms with E-state index in [1.165, 1.54) is 17.3 Å². The number of benzene rings is 1. The molecule has 2 atom stereocenters. The molecular formula is C21H23F3N4O3. The van der Waals surface area contributed by atoms with Crippen molar-refractivity contribution in [3.05, 3.63) is 70.4 Å². The molecule has 1 aliphatic heterocycles. The zero-order valence-corrected chi connectivity index (χ0v) is 16.7. The van der Waals surface area contributed by atoms with Gasteiger partial charge in [0.1, 0.15) is 11.9 Å². The molecule has 0 radical (unpaired) electrons. The number of nitrogens with one attached hydrogen (secondary N) is 1. The number of hydrogen-bond acceptors (Lipinski definition) is 4. The molecule has 7 nitrogen and oxygen atoms in total. The first-order valence-electron chi connectivity index (χ1n) is 9.88.